The van der Waals surface area contributed by atoms with Crippen molar-refractivity contribution in [1.29, 1.82) is 0 Å². The van der Waals surface area contributed by atoms with E-state index >= 15 is 0 Å². The van der Waals surface area contributed by atoms with E-state index < -0.39 is 11.6 Å². The highest BCUT2D eigenvalue weighted by molar-refractivity contribution is 6.06. The molecule has 0 aliphatic heterocycles. The number of hydrogen-bond acceptors (Lipinski definition) is 1. The molecule has 0 saturated carbocycles. The van der Waals surface area contributed by atoms with Crippen LogP contribution in [0.4, 0.5) is 8.78 Å². The van der Waals surface area contributed by atoms with Crippen molar-refractivity contribution in [2.45, 2.75) is 0 Å². The molecule has 1 nitrogen and oxygen atoms in total. The first-order chi connectivity index (χ1) is 8.66. The van der Waals surface area contributed by atoms with Crippen LogP contribution in [0.3, 0.4) is 0 Å². The molecule has 0 saturated heterocycles. The summed E-state index contributed by atoms with van der Waals surface area (Å²) in [5.74, 6) is -1.35. The molecule has 2 rings (SSSR count). The van der Waals surface area contributed by atoms with Crippen LogP contribution < -0.4 is 0 Å². The van der Waals surface area contributed by atoms with Crippen molar-refractivity contribution in [3.63, 3.8) is 0 Å². The van der Waals surface area contributed by atoms with Crippen molar-refractivity contribution >= 4 is 11.9 Å². The van der Waals surface area contributed by atoms with Gasteiger partial charge in [0.2, 0.25) is 0 Å². The van der Waals surface area contributed by atoms with Gasteiger partial charge in [0.05, 0.1) is 0 Å². The van der Waals surface area contributed by atoms with E-state index in [4.69, 9.17) is 0 Å². The minimum Gasteiger partial charge on any atom is -0.289 e. The van der Waals surface area contributed by atoms with Crippen LogP contribution in [-0.4, -0.2) is 5.78 Å². The Labute approximate surface area is 103 Å². The van der Waals surface area contributed by atoms with Gasteiger partial charge in [0, 0.05) is 11.1 Å². The van der Waals surface area contributed by atoms with Gasteiger partial charge < -0.3 is 0 Å². The number of carbonyl (C=O) groups is 1. The van der Waals surface area contributed by atoms with Crippen LogP contribution >= 0.6 is 0 Å². The second-order valence-corrected chi connectivity index (χ2v) is 3.73. The third kappa shape index (κ3) is 2.88. The average molecular weight is 244 g/mol. The van der Waals surface area contributed by atoms with E-state index in [0.29, 0.717) is 5.56 Å². The molecular formula is C15H10F2O. The van der Waals surface area contributed by atoms with Crippen LogP contribution in [0.15, 0.2) is 54.6 Å². The van der Waals surface area contributed by atoms with Crippen molar-refractivity contribution in [3.05, 3.63) is 77.4 Å². The SMILES string of the molecule is O=C(/C=C/c1cc(F)ccc1F)c1ccccc1. The number of allylic oxidation sites excluding steroid dienone is 1. The van der Waals surface area contributed by atoms with E-state index in [-0.39, 0.29) is 11.3 Å². The maximum atomic E-state index is 13.3. The summed E-state index contributed by atoms with van der Waals surface area (Å²) >= 11 is 0. The van der Waals surface area contributed by atoms with Gasteiger partial charge in [-0.15, -0.1) is 0 Å². The molecule has 18 heavy (non-hydrogen) atoms. The lowest BCUT2D eigenvalue weighted by Gasteiger charge is -1.97. The zero-order valence-electron chi connectivity index (χ0n) is 9.44. The molecule has 0 bridgehead atoms. The van der Waals surface area contributed by atoms with E-state index in [9.17, 15) is 13.6 Å². The van der Waals surface area contributed by atoms with Crippen molar-refractivity contribution in [3.8, 4) is 0 Å². The van der Waals surface area contributed by atoms with E-state index in [0.717, 1.165) is 18.2 Å². The van der Waals surface area contributed by atoms with Crippen molar-refractivity contribution in [2.75, 3.05) is 0 Å². The van der Waals surface area contributed by atoms with Crippen LogP contribution in [0.2, 0.25) is 0 Å². The lowest BCUT2D eigenvalue weighted by molar-refractivity contribution is 0.104. The highest BCUT2D eigenvalue weighted by Crippen LogP contribution is 2.12. The van der Waals surface area contributed by atoms with Crippen LogP contribution in [0.1, 0.15) is 15.9 Å². The second kappa shape index (κ2) is 5.36. The summed E-state index contributed by atoms with van der Waals surface area (Å²) in [4.78, 5) is 11.7. The quantitative estimate of drug-likeness (QED) is 0.592. The highest BCUT2D eigenvalue weighted by atomic mass is 19.1. The fourth-order valence-corrected chi connectivity index (χ4v) is 1.51. The summed E-state index contributed by atoms with van der Waals surface area (Å²) in [6.45, 7) is 0. The van der Waals surface area contributed by atoms with Crippen LogP contribution in [-0.2, 0) is 0 Å². The van der Waals surface area contributed by atoms with Gasteiger partial charge in [-0.05, 0) is 30.4 Å². The smallest absolute Gasteiger partial charge is 0.185 e. The molecule has 90 valence electrons. The molecule has 3 heteroatoms. The Hall–Kier alpha value is -2.29. The Kier molecular flexibility index (Phi) is 3.63. The van der Waals surface area contributed by atoms with Gasteiger partial charge >= 0.3 is 0 Å². The fraction of sp³-hybridized carbons (Fsp3) is 0. The number of benzene rings is 2. The molecule has 0 aliphatic rings. The average Bonchev–Trinajstić information content (AvgIpc) is 2.40. The number of hydrogen-bond donors (Lipinski definition) is 0. The molecule has 0 spiro atoms. The van der Waals surface area contributed by atoms with E-state index in [1.165, 1.54) is 12.2 Å². The Balaban J connectivity index is 2.21. The lowest BCUT2D eigenvalue weighted by atomic mass is 10.1. The number of ketones is 1. The Morgan fingerprint density at radius 1 is 1.00 bits per heavy atom. The first kappa shape index (κ1) is 12.2. The van der Waals surface area contributed by atoms with Crippen molar-refractivity contribution < 1.29 is 13.6 Å². The zero-order valence-corrected chi connectivity index (χ0v) is 9.44. The van der Waals surface area contributed by atoms with Crippen LogP contribution in [0.25, 0.3) is 6.08 Å². The molecule has 0 heterocycles. The van der Waals surface area contributed by atoms with Gasteiger partial charge in [0.15, 0.2) is 5.78 Å². The van der Waals surface area contributed by atoms with Crippen molar-refractivity contribution in [1.82, 2.24) is 0 Å². The van der Waals surface area contributed by atoms with Crippen LogP contribution in [0, 0.1) is 11.6 Å². The topological polar surface area (TPSA) is 17.1 Å². The minimum atomic E-state index is -0.562. The summed E-state index contributed by atoms with van der Waals surface area (Å²) in [5, 5.41) is 0. The zero-order chi connectivity index (χ0) is 13.0. The fourth-order valence-electron chi connectivity index (χ4n) is 1.51. The summed E-state index contributed by atoms with van der Waals surface area (Å²) in [7, 11) is 0. The molecular weight excluding hydrogens is 234 g/mol. The normalized spacial score (nSPS) is 10.8. The number of halogens is 2. The molecule has 0 radical (unpaired) electrons. The standard InChI is InChI=1S/C15H10F2O/c16-13-7-8-14(17)12(10-13)6-9-15(18)11-4-2-1-3-5-11/h1-10H/b9-6+. The third-order valence-electron chi connectivity index (χ3n) is 2.43. The molecule has 0 atom stereocenters. The maximum absolute atomic E-state index is 13.3. The monoisotopic (exact) mass is 244 g/mol. The predicted molar refractivity (Wildman–Crippen MR) is 66.2 cm³/mol. The molecule has 0 aromatic heterocycles. The Morgan fingerprint density at radius 2 is 1.72 bits per heavy atom. The maximum Gasteiger partial charge on any atom is 0.185 e. The minimum absolute atomic E-state index is 0.0549. The van der Waals surface area contributed by atoms with E-state index in [1.807, 2.05) is 0 Å². The lowest BCUT2D eigenvalue weighted by Crippen LogP contribution is -1.93. The van der Waals surface area contributed by atoms with Gasteiger partial charge in [-0.2, -0.15) is 0 Å². The first-order valence-corrected chi connectivity index (χ1v) is 5.39. The summed E-state index contributed by atoms with van der Waals surface area (Å²) in [6.07, 6.45) is 2.50. The number of rotatable bonds is 3. The van der Waals surface area contributed by atoms with Gasteiger partial charge in [-0.25, -0.2) is 8.78 Å². The largest absolute Gasteiger partial charge is 0.289 e. The molecule has 0 aliphatic carbocycles. The Morgan fingerprint density at radius 3 is 2.44 bits per heavy atom. The van der Waals surface area contributed by atoms with Gasteiger partial charge in [-0.1, -0.05) is 30.3 Å². The molecule has 2 aromatic carbocycles. The third-order valence-corrected chi connectivity index (χ3v) is 2.43. The van der Waals surface area contributed by atoms with Gasteiger partial charge in [-0.3, -0.25) is 4.79 Å². The van der Waals surface area contributed by atoms with Crippen LogP contribution in [0.5, 0.6) is 0 Å². The predicted octanol–water partition coefficient (Wildman–Crippen LogP) is 3.86. The van der Waals surface area contributed by atoms with Crippen molar-refractivity contribution in [2.24, 2.45) is 0 Å². The summed E-state index contributed by atoms with van der Waals surface area (Å²) in [6, 6.07) is 11.7. The van der Waals surface area contributed by atoms with Gasteiger partial charge in [0.25, 0.3) is 0 Å². The summed E-state index contributed by atoms with van der Waals surface area (Å²) in [5.41, 5.74) is 0.560. The highest BCUT2D eigenvalue weighted by Gasteiger charge is 2.03. The molecule has 0 fully saturated rings. The molecule has 0 unspecified atom stereocenters. The summed E-state index contributed by atoms with van der Waals surface area (Å²) < 4.78 is 26.2. The first-order valence-electron chi connectivity index (χ1n) is 5.39. The van der Waals surface area contributed by atoms with E-state index in [1.54, 1.807) is 30.3 Å². The Bertz CT molecular complexity index is 589. The molecule has 2 aromatic rings. The molecule has 0 N–H and O–H groups in total. The van der Waals surface area contributed by atoms with Gasteiger partial charge in [0.1, 0.15) is 11.6 Å². The van der Waals surface area contributed by atoms with E-state index in [2.05, 4.69) is 0 Å². The molecule has 0 amide bonds. The second-order valence-electron chi connectivity index (χ2n) is 3.73. The number of carbonyl (C=O) groups excluding carboxylic acids is 1.